The van der Waals surface area contributed by atoms with E-state index in [1.807, 2.05) is 6.92 Å². The van der Waals surface area contributed by atoms with Gasteiger partial charge in [-0.3, -0.25) is 0 Å². The number of carbonyl (C=O) groups excluding carboxylic acids is 1. The minimum atomic E-state index is -3.93. The zero-order chi connectivity index (χ0) is 21.6. The molecule has 0 fully saturated rings. The van der Waals surface area contributed by atoms with Gasteiger partial charge in [0.2, 0.25) is 10.0 Å². The molecule has 0 saturated heterocycles. The maximum Gasteiger partial charge on any atom is 0.335 e. The smallest absolute Gasteiger partial charge is 0.335 e. The molecular weight excluding hydrogens is 394 g/mol. The second kappa shape index (κ2) is 9.58. The number of hydrogen-bond donors (Lipinski definition) is 1. The third kappa shape index (κ3) is 5.16. The maximum absolute atomic E-state index is 13.0. The van der Waals surface area contributed by atoms with Gasteiger partial charge in [-0.05, 0) is 43.7 Å². The number of carbonyl (C=O) groups is 1. The highest BCUT2D eigenvalue weighted by Gasteiger charge is 2.29. The molecule has 2 aromatic carbocycles. The Balaban J connectivity index is 2.56. The molecule has 0 heterocycles. The van der Waals surface area contributed by atoms with Crippen LogP contribution in [-0.2, 0) is 19.6 Å². The lowest BCUT2D eigenvalue weighted by atomic mass is 9.99. The fourth-order valence-electron chi connectivity index (χ4n) is 2.80. The molecule has 1 N–H and O–H groups in total. The Labute approximate surface area is 171 Å². The summed E-state index contributed by atoms with van der Waals surface area (Å²) in [7, 11) is 0.292. The molecule has 2 aromatic rings. The van der Waals surface area contributed by atoms with Gasteiger partial charge in [-0.1, -0.05) is 29.8 Å². The summed E-state index contributed by atoms with van der Waals surface area (Å²) in [4.78, 5) is 12.4. The van der Waals surface area contributed by atoms with Crippen molar-refractivity contribution in [3.8, 4) is 11.5 Å². The zero-order valence-corrected chi connectivity index (χ0v) is 17.9. The van der Waals surface area contributed by atoms with Crippen molar-refractivity contribution in [3.05, 3.63) is 65.2 Å². The highest BCUT2D eigenvalue weighted by atomic mass is 32.2. The van der Waals surface area contributed by atoms with Crippen LogP contribution < -0.4 is 14.2 Å². The Morgan fingerprint density at radius 2 is 1.62 bits per heavy atom. The van der Waals surface area contributed by atoms with E-state index in [9.17, 15) is 13.2 Å². The Hall–Kier alpha value is -2.84. The van der Waals surface area contributed by atoms with Gasteiger partial charge in [0.05, 0.1) is 37.8 Å². The first-order valence-corrected chi connectivity index (χ1v) is 10.3. The van der Waals surface area contributed by atoms with E-state index >= 15 is 0 Å². The average molecular weight is 419 g/mol. The van der Waals surface area contributed by atoms with Crippen LogP contribution in [-0.4, -0.2) is 35.7 Å². The topological polar surface area (TPSA) is 90.9 Å². The van der Waals surface area contributed by atoms with E-state index in [0.29, 0.717) is 17.1 Å². The van der Waals surface area contributed by atoms with Gasteiger partial charge in [0.1, 0.15) is 0 Å². The van der Waals surface area contributed by atoms with Gasteiger partial charge in [-0.2, -0.15) is 4.72 Å². The van der Waals surface area contributed by atoms with E-state index in [1.54, 1.807) is 37.3 Å². The standard InChI is InChI=1S/C21H25NO6S/c1-6-17(21(23)28-5)20(15-9-12-18(26-3)19(13-15)27-4)22-29(24,25)16-10-7-14(2)8-11-16/h6-13,20,22H,1-5H3. The first-order valence-electron chi connectivity index (χ1n) is 8.82. The number of ether oxygens (including phenoxy) is 3. The number of allylic oxidation sites excluding steroid dienone is 1. The first kappa shape index (κ1) is 22.4. The summed E-state index contributed by atoms with van der Waals surface area (Å²) in [6.07, 6.45) is 1.52. The van der Waals surface area contributed by atoms with Crippen molar-refractivity contribution in [1.29, 1.82) is 0 Å². The van der Waals surface area contributed by atoms with Crippen molar-refractivity contribution in [2.45, 2.75) is 24.8 Å². The van der Waals surface area contributed by atoms with E-state index in [-0.39, 0.29) is 10.5 Å². The fourth-order valence-corrected chi connectivity index (χ4v) is 4.01. The summed E-state index contributed by atoms with van der Waals surface area (Å²) in [5, 5.41) is 0. The summed E-state index contributed by atoms with van der Waals surface area (Å²) in [6, 6.07) is 10.4. The second-order valence-electron chi connectivity index (χ2n) is 6.22. The number of hydrogen-bond acceptors (Lipinski definition) is 6. The Kier molecular flexibility index (Phi) is 7.41. The summed E-state index contributed by atoms with van der Waals surface area (Å²) in [6.45, 7) is 3.51. The monoisotopic (exact) mass is 419 g/mol. The van der Waals surface area contributed by atoms with Gasteiger partial charge < -0.3 is 14.2 Å². The molecule has 0 saturated carbocycles. The SMILES string of the molecule is CC=C(C(=O)OC)C(NS(=O)(=O)c1ccc(C)cc1)c1ccc(OC)c(OC)c1. The number of methoxy groups -OCH3 is 3. The molecule has 0 radical (unpaired) electrons. The molecule has 0 bridgehead atoms. The van der Waals surface area contributed by atoms with Crippen LogP contribution in [0.4, 0.5) is 0 Å². The third-order valence-corrected chi connectivity index (χ3v) is 5.83. The molecule has 0 aromatic heterocycles. The van der Waals surface area contributed by atoms with Crippen molar-refractivity contribution >= 4 is 16.0 Å². The van der Waals surface area contributed by atoms with E-state index in [0.717, 1.165) is 5.56 Å². The van der Waals surface area contributed by atoms with Crippen LogP contribution in [0.5, 0.6) is 11.5 Å². The Bertz CT molecular complexity index is 996. The molecule has 0 aliphatic carbocycles. The number of aryl methyl sites for hydroxylation is 1. The number of esters is 1. The van der Waals surface area contributed by atoms with Crippen molar-refractivity contribution in [3.63, 3.8) is 0 Å². The van der Waals surface area contributed by atoms with Gasteiger partial charge in [0, 0.05) is 0 Å². The van der Waals surface area contributed by atoms with Gasteiger partial charge in [0.25, 0.3) is 0 Å². The molecule has 156 valence electrons. The first-order chi connectivity index (χ1) is 13.8. The average Bonchev–Trinajstić information content (AvgIpc) is 2.72. The number of benzene rings is 2. The molecule has 29 heavy (non-hydrogen) atoms. The number of rotatable bonds is 8. The Morgan fingerprint density at radius 1 is 1.00 bits per heavy atom. The summed E-state index contributed by atoms with van der Waals surface area (Å²) in [5.41, 5.74) is 1.58. The predicted molar refractivity (Wildman–Crippen MR) is 110 cm³/mol. The number of sulfonamides is 1. The Morgan fingerprint density at radius 3 is 2.14 bits per heavy atom. The lowest BCUT2D eigenvalue weighted by Gasteiger charge is -2.22. The largest absolute Gasteiger partial charge is 0.493 e. The van der Waals surface area contributed by atoms with Crippen molar-refractivity contribution in [2.24, 2.45) is 0 Å². The molecule has 0 spiro atoms. The summed E-state index contributed by atoms with van der Waals surface area (Å²) in [5.74, 6) is 0.250. The molecule has 0 aliphatic rings. The summed E-state index contributed by atoms with van der Waals surface area (Å²) >= 11 is 0. The van der Waals surface area contributed by atoms with E-state index < -0.39 is 22.0 Å². The molecule has 2 rings (SSSR count). The third-order valence-electron chi connectivity index (χ3n) is 4.39. The minimum Gasteiger partial charge on any atom is -0.493 e. The maximum atomic E-state index is 13.0. The molecule has 1 atom stereocenters. The van der Waals surface area contributed by atoms with E-state index in [4.69, 9.17) is 14.2 Å². The zero-order valence-electron chi connectivity index (χ0n) is 17.1. The number of nitrogens with one attached hydrogen (secondary N) is 1. The van der Waals surface area contributed by atoms with Gasteiger partial charge in [-0.25, -0.2) is 13.2 Å². The van der Waals surface area contributed by atoms with Crippen LogP contribution in [0, 0.1) is 6.92 Å². The fraction of sp³-hybridized carbons (Fsp3) is 0.286. The van der Waals surface area contributed by atoms with Gasteiger partial charge in [-0.15, -0.1) is 0 Å². The van der Waals surface area contributed by atoms with Crippen molar-refractivity contribution in [1.82, 2.24) is 4.72 Å². The second-order valence-corrected chi connectivity index (χ2v) is 7.93. The van der Waals surface area contributed by atoms with Crippen LogP contribution in [0.15, 0.2) is 59.0 Å². The van der Waals surface area contributed by atoms with Crippen LogP contribution >= 0.6 is 0 Å². The minimum absolute atomic E-state index is 0.0916. The van der Waals surface area contributed by atoms with Gasteiger partial charge >= 0.3 is 5.97 Å². The highest BCUT2D eigenvalue weighted by Crippen LogP contribution is 2.33. The van der Waals surface area contributed by atoms with Crippen LogP contribution in [0.1, 0.15) is 24.1 Å². The predicted octanol–water partition coefficient (Wildman–Crippen LogP) is 3.15. The molecule has 0 aliphatic heterocycles. The molecule has 0 amide bonds. The van der Waals surface area contributed by atoms with E-state index in [2.05, 4.69) is 4.72 Å². The lowest BCUT2D eigenvalue weighted by Crippen LogP contribution is -2.32. The molecule has 1 unspecified atom stereocenters. The molecule has 8 heteroatoms. The molecular formula is C21H25NO6S. The highest BCUT2D eigenvalue weighted by molar-refractivity contribution is 7.89. The quantitative estimate of drug-likeness (QED) is 0.522. The lowest BCUT2D eigenvalue weighted by molar-refractivity contribution is -0.136. The summed E-state index contributed by atoms with van der Waals surface area (Å²) < 4.78 is 44.0. The van der Waals surface area contributed by atoms with Gasteiger partial charge in [0.15, 0.2) is 11.5 Å². The molecule has 7 nitrogen and oxygen atoms in total. The normalized spacial score (nSPS) is 12.9. The van der Waals surface area contributed by atoms with Crippen molar-refractivity contribution < 1.29 is 27.4 Å². The van der Waals surface area contributed by atoms with E-state index in [1.165, 1.54) is 39.5 Å². The van der Waals surface area contributed by atoms with Crippen molar-refractivity contribution in [2.75, 3.05) is 21.3 Å². The van der Waals surface area contributed by atoms with Crippen LogP contribution in [0.2, 0.25) is 0 Å². The van der Waals surface area contributed by atoms with Crippen LogP contribution in [0.25, 0.3) is 0 Å². The van der Waals surface area contributed by atoms with Crippen LogP contribution in [0.3, 0.4) is 0 Å².